The van der Waals surface area contributed by atoms with Gasteiger partial charge in [-0.05, 0) is 24.8 Å². The van der Waals surface area contributed by atoms with Crippen LogP contribution >= 0.6 is 0 Å². The van der Waals surface area contributed by atoms with Gasteiger partial charge in [0, 0.05) is 0 Å². The van der Waals surface area contributed by atoms with Crippen LogP contribution in [0.25, 0.3) is 21.9 Å². The number of hydrogen-bond acceptors (Lipinski definition) is 0. The smallest absolute Gasteiger partial charge is 1.00 e. The van der Waals surface area contributed by atoms with Crippen molar-refractivity contribution in [2.24, 2.45) is 0 Å². The molecule has 5 rings (SSSR count). The van der Waals surface area contributed by atoms with Gasteiger partial charge in [0.2, 0.25) is 0 Å². The molecule has 4 aromatic rings. The summed E-state index contributed by atoms with van der Waals surface area (Å²) in [5.41, 5.74) is 8.89. The van der Waals surface area contributed by atoms with Gasteiger partial charge in [-0.3, -0.25) is 0 Å². The first-order chi connectivity index (χ1) is 13.8. The molecule has 0 bridgehead atoms. The third kappa shape index (κ3) is 6.67. The van der Waals surface area contributed by atoms with Crippen molar-refractivity contribution in [2.75, 3.05) is 0 Å². The van der Waals surface area contributed by atoms with Gasteiger partial charge in [-0.15, -0.1) is 22.9 Å². The third-order valence-corrected chi connectivity index (χ3v) is 5.87. The van der Waals surface area contributed by atoms with E-state index in [0.717, 1.165) is 0 Å². The molecule has 0 heterocycles. The molecule has 0 fully saturated rings. The molecule has 0 nitrogen and oxygen atoms in total. The van der Waals surface area contributed by atoms with Gasteiger partial charge < -0.3 is 24.8 Å². The van der Waals surface area contributed by atoms with E-state index in [-0.39, 0.29) is 51.0 Å². The first-order valence-electron chi connectivity index (χ1n) is 10.7. The Balaban J connectivity index is 0.000000324. The minimum absolute atomic E-state index is 0. The minimum atomic E-state index is 0. The zero-order valence-electron chi connectivity index (χ0n) is 18.4. The van der Waals surface area contributed by atoms with E-state index in [1.54, 1.807) is 11.1 Å². The second kappa shape index (κ2) is 13.4. The molecule has 0 atom stereocenters. The maximum atomic E-state index is 2.39. The van der Waals surface area contributed by atoms with Gasteiger partial charge in [-0.25, -0.2) is 11.6 Å². The summed E-state index contributed by atoms with van der Waals surface area (Å²) in [4.78, 5) is 0. The van der Waals surface area contributed by atoms with Crippen molar-refractivity contribution >= 4 is 10.8 Å². The first-order valence-corrected chi connectivity index (χ1v) is 10.7. The Kier molecular flexibility index (Phi) is 12.1. The molecule has 0 aromatic heterocycles. The molecule has 160 valence electrons. The molecule has 4 aromatic carbocycles. The molecule has 0 N–H and O–H groups in total. The Morgan fingerprint density at radius 3 is 2.45 bits per heavy atom. The Morgan fingerprint density at radius 1 is 1.00 bits per heavy atom. The average molecular weight is 529 g/mol. The fraction of sp³-hybridized carbons (Fsp3) is 0.286. The van der Waals surface area contributed by atoms with Gasteiger partial charge in [0.1, 0.15) is 0 Å². The van der Waals surface area contributed by atoms with E-state index >= 15 is 0 Å². The fourth-order valence-electron chi connectivity index (χ4n) is 4.45. The quantitative estimate of drug-likeness (QED) is 0.355. The monoisotopic (exact) mass is 526 g/mol. The molecular formula is C28H30Cl2Zr. The van der Waals surface area contributed by atoms with E-state index in [9.17, 15) is 0 Å². The summed E-state index contributed by atoms with van der Waals surface area (Å²) >= 11 is 0. The number of halogens is 2. The summed E-state index contributed by atoms with van der Waals surface area (Å²) in [5.74, 6) is 0. The van der Waals surface area contributed by atoms with E-state index in [1.807, 2.05) is 0 Å². The molecule has 3 heteroatoms. The maximum Gasteiger partial charge on any atom is 4.00 e. The van der Waals surface area contributed by atoms with Gasteiger partial charge in [-0.2, -0.15) is 29.8 Å². The summed E-state index contributed by atoms with van der Waals surface area (Å²) < 4.78 is 0. The number of benzene rings is 2. The Labute approximate surface area is 219 Å². The van der Waals surface area contributed by atoms with Crippen LogP contribution in [0.5, 0.6) is 0 Å². The third-order valence-electron chi connectivity index (χ3n) is 5.87. The van der Waals surface area contributed by atoms with Gasteiger partial charge >= 0.3 is 26.2 Å². The standard InChI is InChI=1S/C18H15.C10H15.2ClH.Zr/c1-2-6-13(7-3-1)18-16-10-4-8-14(16)12-15-9-5-11-17(15)18;1-3-4-5-10-7-6-9(2)8-10;;;/h1-4,6-8,10,12H,5,9,11H2;6-8H,3-5H2,1-2H3;2*1H;/q2*-1;;;+4/p-2. The second-order valence-electron chi connectivity index (χ2n) is 8.04. The van der Waals surface area contributed by atoms with Crippen LogP contribution < -0.4 is 24.8 Å². The average Bonchev–Trinajstić information content (AvgIpc) is 3.46. The van der Waals surface area contributed by atoms with E-state index in [0.29, 0.717) is 0 Å². The van der Waals surface area contributed by atoms with E-state index in [4.69, 9.17) is 0 Å². The number of rotatable bonds is 4. The second-order valence-corrected chi connectivity index (χ2v) is 8.04. The van der Waals surface area contributed by atoms with Gasteiger partial charge in [0.15, 0.2) is 0 Å². The van der Waals surface area contributed by atoms with Crippen molar-refractivity contribution in [3.8, 4) is 11.1 Å². The number of fused-ring (bicyclic) bond motifs is 2. The minimum Gasteiger partial charge on any atom is -1.00 e. The normalized spacial score (nSPS) is 11.4. The summed E-state index contributed by atoms with van der Waals surface area (Å²) in [6.45, 7) is 4.38. The molecule has 0 amide bonds. The van der Waals surface area contributed by atoms with Crippen LogP contribution in [0.2, 0.25) is 0 Å². The maximum absolute atomic E-state index is 2.39. The zero-order chi connectivity index (χ0) is 19.3. The van der Waals surface area contributed by atoms with E-state index in [1.165, 1.54) is 71.6 Å². The Hall–Kier alpha value is -1.14. The zero-order valence-corrected chi connectivity index (χ0v) is 22.4. The molecule has 0 aliphatic heterocycles. The van der Waals surface area contributed by atoms with Crippen LogP contribution in [-0.2, 0) is 45.5 Å². The molecule has 1 aliphatic rings. The number of unbranched alkanes of at least 4 members (excludes halogenated alkanes) is 1. The van der Waals surface area contributed by atoms with Crippen molar-refractivity contribution < 1.29 is 51.0 Å². The SMILES string of the molecule is CCCC[c-]1ccc(C)c1.[Cl-].[Cl-].[Zr+4].c1ccc(-c2c3c(cc4[cH-]ccc24)CCC3)cc1. The fourth-order valence-corrected chi connectivity index (χ4v) is 4.45. The molecular weight excluding hydrogens is 498 g/mol. The molecule has 0 saturated carbocycles. The first kappa shape index (κ1) is 27.9. The molecule has 0 spiro atoms. The van der Waals surface area contributed by atoms with Gasteiger partial charge in [-0.1, -0.05) is 80.1 Å². The largest absolute Gasteiger partial charge is 4.00 e. The molecule has 0 saturated heterocycles. The van der Waals surface area contributed by atoms with Crippen molar-refractivity contribution in [1.82, 2.24) is 0 Å². The molecule has 1 aliphatic carbocycles. The van der Waals surface area contributed by atoms with Crippen molar-refractivity contribution in [3.63, 3.8) is 0 Å². The van der Waals surface area contributed by atoms with Crippen molar-refractivity contribution in [1.29, 1.82) is 0 Å². The predicted octanol–water partition coefficient (Wildman–Crippen LogP) is 1.78. The van der Waals surface area contributed by atoms with Crippen LogP contribution in [-0.4, -0.2) is 0 Å². The Morgan fingerprint density at radius 2 is 1.77 bits per heavy atom. The Bertz CT molecular complexity index is 1040. The van der Waals surface area contributed by atoms with E-state index in [2.05, 4.69) is 86.6 Å². The number of hydrogen-bond donors (Lipinski definition) is 0. The predicted molar refractivity (Wildman–Crippen MR) is 122 cm³/mol. The van der Waals surface area contributed by atoms with Crippen LogP contribution in [0.1, 0.15) is 48.4 Å². The van der Waals surface area contributed by atoms with Crippen LogP contribution in [0.4, 0.5) is 0 Å². The van der Waals surface area contributed by atoms with Crippen LogP contribution in [0.15, 0.2) is 72.8 Å². The van der Waals surface area contributed by atoms with Crippen LogP contribution in [0, 0.1) is 6.92 Å². The summed E-state index contributed by atoms with van der Waals surface area (Å²) in [5, 5.41) is 2.82. The topological polar surface area (TPSA) is 0 Å². The van der Waals surface area contributed by atoms with Crippen LogP contribution in [0.3, 0.4) is 0 Å². The summed E-state index contributed by atoms with van der Waals surface area (Å²) in [6.07, 6.45) is 7.66. The summed E-state index contributed by atoms with van der Waals surface area (Å²) in [6, 6.07) is 26.6. The number of aryl methyl sites for hydroxylation is 3. The van der Waals surface area contributed by atoms with Crippen molar-refractivity contribution in [3.05, 3.63) is 95.1 Å². The molecule has 0 unspecified atom stereocenters. The van der Waals surface area contributed by atoms with E-state index < -0.39 is 0 Å². The summed E-state index contributed by atoms with van der Waals surface area (Å²) in [7, 11) is 0. The van der Waals surface area contributed by atoms with Gasteiger partial charge in [0.05, 0.1) is 0 Å². The molecule has 31 heavy (non-hydrogen) atoms. The van der Waals surface area contributed by atoms with Gasteiger partial charge in [0.25, 0.3) is 0 Å². The van der Waals surface area contributed by atoms with Crippen molar-refractivity contribution in [2.45, 2.75) is 52.4 Å². The molecule has 0 radical (unpaired) electrons.